The van der Waals surface area contributed by atoms with Crippen molar-refractivity contribution in [2.75, 3.05) is 14.2 Å². The second-order valence-corrected chi connectivity index (χ2v) is 7.41. The first-order valence-electron chi connectivity index (χ1n) is 10.2. The summed E-state index contributed by atoms with van der Waals surface area (Å²) in [7, 11) is 3.09. The van der Waals surface area contributed by atoms with Gasteiger partial charge in [-0.25, -0.2) is 0 Å². The van der Waals surface area contributed by atoms with E-state index in [0.29, 0.717) is 42.9 Å². The van der Waals surface area contributed by atoms with Crippen molar-refractivity contribution in [2.24, 2.45) is 0 Å². The van der Waals surface area contributed by atoms with Crippen molar-refractivity contribution in [3.63, 3.8) is 0 Å². The summed E-state index contributed by atoms with van der Waals surface area (Å²) < 4.78 is 16.8. The van der Waals surface area contributed by atoms with Gasteiger partial charge in [0.2, 0.25) is 5.75 Å². The second kappa shape index (κ2) is 9.61. The smallest absolute Gasteiger partial charge is 0.261 e. The van der Waals surface area contributed by atoms with Gasteiger partial charge in [-0.2, -0.15) is 0 Å². The van der Waals surface area contributed by atoms with Crippen molar-refractivity contribution in [2.45, 2.75) is 51.2 Å². The number of ether oxygens (including phenoxy) is 3. The number of para-hydroxylation sites is 1. The molecule has 0 radical (unpaired) electrons. The van der Waals surface area contributed by atoms with Crippen LogP contribution in [0.15, 0.2) is 30.3 Å². The molecule has 30 heavy (non-hydrogen) atoms. The van der Waals surface area contributed by atoms with Crippen molar-refractivity contribution in [1.82, 2.24) is 5.32 Å². The molecule has 0 spiro atoms. The van der Waals surface area contributed by atoms with Crippen LogP contribution in [0.1, 0.15) is 37.3 Å². The summed E-state index contributed by atoms with van der Waals surface area (Å²) in [6, 6.07) is 8.53. The molecule has 0 saturated heterocycles. The summed E-state index contributed by atoms with van der Waals surface area (Å²) in [6.45, 7) is 2.00. The van der Waals surface area contributed by atoms with Crippen LogP contribution < -0.4 is 19.5 Å². The highest BCUT2D eigenvalue weighted by Crippen LogP contribution is 2.38. The highest BCUT2D eigenvalue weighted by atomic mass is 16.5. The molecule has 2 aromatic rings. The largest absolute Gasteiger partial charge is 0.504 e. The number of aromatic hydroxyl groups is 2. The molecule has 2 atom stereocenters. The number of amides is 1. The van der Waals surface area contributed by atoms with Gasteiger partial charge < -0.3 is 29.7 Å². The van der Waals surface area contributed by atoms with Crippen LogP contribution >= 0.6 is 0 Å². The maximum Gasteiger partial charge on any atom is 0.261 e. The van der Waals surface area contributed by atoms with E-state index in [1.165, 1.54) is 6.07 Å². The Kier molecular flexibility index (Phi) is 6.92. The first kappa shape index (κ1) is 21.6. The second-order valence-electron chi connectivity index (χ2n) is 7.41. The molecule has 7 nitrogen and oxygen atoms in total. The molecule has 0 fully saturated rings. The topological polar surface area (TPSA) is 97.3 Å². The average molecular weight is 415 g/mol. The van der Waals surface area contributed by atoms with Crippen LogP contribution in [0, 0.1) is 0 Å². The van der Waals surface area contributed by atoms with Crippen LogP contribution in [0.3, 0.4) is 0 Å². The SMILES string of the molecule is CCCC(Oc1c(OC)cccc1OC)C(=O)NC1CCc2c(ccc(O)c2O)C1. The Balaban J connectivity index is 1.73. The third kappa shape index (κ3) is 4.56. The van der Waals surface area contributed by atoms with E-state index in [4.69, 9.17) is 14.2 Å². The molecule has 0 heterocycles. The van der Waals surface area contributed by atoms with Crippen LogP contribution in [0.4, 0.5) is 0 Å². The van der Waals surface area contributed by atoms with Gasteiger partial charge in [-0.05, 0) is 49.4 Å². The lowest BCUT2D eigenvalue weighted by molar-refractivity contribution is -0.129. The van der Waals surface area contributed by atoms with Gasteiger partial charge in [0.15, 0.2) is 29.1 Å². The highest BCUT2D eigenvalue weighted by Gasteiger charge is 2.28. The molecule has 1 aliphatic rings. The molecule has 0 aliphatic heterocycles. The fourth-order valence-electron chi connectivity index (χ4n) is 3.82. The van der Waals surface area contributed by atoms with E-state index < -0.39 is 6.10 Å². The number of hydrogen-bond donors (Lipinski definition) is 3. The van der Waals surface area contributed by atoms with Gasteiger partial charge in [0, 0.05) is 11.6 Å². The fraction of sp³-hybridized carbons (Fsp3) is 0.435. The van der Waals surface area contributed by atoms with Gasteiger partial charge in [-0.1, -0.05) is 25.5 Å². The zero-order valence-electron chi connectivity index (χ0n) is 17.6. The summed E-state index contributed by atoms with van der Waals surface area (Å²) >= 11 is 0. The number of phenolic OH excluding ortho intramolecular Hbond substituents is 2. The fourth-order valence-corrected chi connectivity index (χ4v) is 3.82. The average Bonchev–Trinajstić information content (AvgIpc) is 2.76. The normalized spacial score (nSPS) is 16.3. The summed E-state index contributed by atoms with van der Waals surface area (Å²) in [5.74, 6) is 1.05. The van der Waals surface area contributed by atoms with E-state index in [1.54, 1.807) is 38.5 Å². The molecule has 7 heteroatoms. The Morgan fingerprint density at radius 1 is 1.17 bits per heavy atom. The van der Waals surface area contributed by atoms with Gasteiger partial charge in [0.05, 0.1) is 14.2 Å². The Labute approximate surface area is 176 Å². The molecule has 1 amide bonds. The van der Waals surface area contributed by atoms with E-state index in [-0.39, 0.29) is 23.4 Å². The van der Waals surface area contributed by atoms with Crippen LogP contribution in [-0.2, 0) is 17.6 Å². The number of fused-ring (bicyclic) bond motifs is 1. The van der Waals surface area contributed by atoms with Crippen molar-refractivity contribution < 1.29 is 29.2 Å². The number of benzene rings is 2. The third-order valence-corrected chi connectivity index (χ3v) is 5.40. The molecule has 0 aromatic heterocycles. The van der Waals surface area contributed by atoms with Gasteiger partial charge >= 0.3 is 0 Å². The molecule has 3 rings (SSSR count). The summed E-state index contributed by atoms with van der Waals surface area (Å²) in [6.07, 6.45) is 2.48. The number of carbonyl (C=O) groups excluding carboxylic acids is 1. The van der Waals surface area contributed by atoms with E-state index in [1.807, 2.05) is 6.92 Å². The zero-order chi connectivity index (χ0) is 21.7. The number of nitrogens with one attached hydrogen (secondary N) is 1. The van der Waals surface area contributed by atoms with Gasteiger partial charge in [0.25, 0.3) is 5.91 Å². The summed E-state index contributed by atoms with van der Waals surface area (Å²) in [4.78, 5) is 13.0. The lowest BCUT2D eigenvalue weighted by Gasteiger charge is -2.28. The van der Waals surface area contributed by atoms with E-state index in [0.717, 1.165) is 17.5 Å². The number of carbonyl (C=O) groups is 1. The maximum absolute atomic E-state index is 13.0. The number of rotatable bonds is 8. The van der Waals surface area contributed by atoms with Gasteiger partial charge in [-0.3, -0.25) is 4.79 Å². The van der Waals surface area contributed by atoms with Crippen molar-refractivity contribution >= 4 is 5.91 Å². The minimum absolute atomic E-state index is 0.0623. The molecular formula is C23H29NO6. The van der Waals surface area contributed by atoms with Crippen molar-refractivity contribution in [1.29, 1.82) is 0 Å². The number of methoxy groups -OCH3 is 2. The van der Waals surface area contributed by atoms with Crippen molar-refractivity contribution in [3.05, 3.63) is 41.5 Å². The zero-order valence-corrected chi connectivity index (χ0v) is 17.6. The summed E-state index contributed by atoms with van der Waals surface area (Å²) in [5.41, 5.74) is 1.68. The maximum atomic E-state index is 13.0. The Hall–Kier alpha value is -3.09. The molecule has 1 aliphatic carbocycles. The Morgan fingerprint density at radius 3 is 2.50 bits per heavy atom. The lowest BCUT2D eigenvalue weighted by Crippen LogP contribution is -2.46. The van der Waals surface area contributed by atoms with Crippen LogP contribution in [0.2, 0.25) is 0 Å². The molecule has 2 aromatic carbocycles. The molecule has 3 N–H and O–H groups in total. The first-order chi connectivity index (χ1) is 14.5. The number of hydrogen-bond acceptors (Lipinski definition) is 6. The van der Waals surface area contributed by atoms with Crippen molar-refractivity contribution in [3.8, 4) is 28.7 Å². The molecular weight excluding hydrogens is 386 g/mol. The molecule has 0 saturated carbocycles. The predicted molar refractivity (Wildman–Crippen MR) is 113 cm³/mol. The Bertz CT molecular complexity index is 875. The van der Waals surface area contributed by atoms with Crippen LogP contribution in [0.25, 0.3) is 0 Å². The number of phenols is 2. The standard InChI is InChI=1S/C23H29NO6/c1-4-6-20(30-22-18(28-2)7-5-8-19(22)29-3)23(27)24-15-10-11-16-14(13-15)9-12-17(25)21(16)26/h5,7-9,12,15,20,25-26H,4,6,10-11,13H2,1-3H3,(H,24,27). The van der Waals surface area contributed by atoms with Crippen LogP contribution in [0.5, 0.6) is 28.7 Å². The van der Waals surface area contributed by atoms with E-state index in [2.05, 4.69) is 5.32 Å². The molecule has 2 unspecified atom stereocenters. The predicted octanol–water partition coefficient (Wildman–Crippen LogP) is 3.34. The van der Waals surface area contributed by atoms with Gasteiger partial charge in [-0.15, -0.1) is 0 Å². The Morgan fingerprint density at radius 2 is 1.87 bits per heavy atom. The highest BCUT2D eigenvalue weighted by molar-refractivity contribution is 5.81. The minimum Gasteiger partial charge on any atom is -0.504 e. The van der Waals surface area contributed by atoms with Gasteiger partial charge in [0.1, 0.15) is 0 Å². The van der Waals surface area contributed by atoms with E-state index >= 15 is 0 Å². The summed E-state index contributed by atoms with van der Waals surface area (Å²) in [5, 5.41) is 22.8. The minimum atomic E-state index is -0.685. The molecule has 0 bridgehead atoms. The molecule has 162 valence electrons. The van der Waals surface area contributed by atoms with E-state index in [9.17, 15) is 15.0 Å². The third-order valence-electron chi connectivity index (χ3n) is 5.40. The van der Waals surface area contributed by atoms with Crippen LogP contribution in [-0.4, -0.2) is 42.5 Å². The first-order valence-corrected chi connectivity index (χ1v) is 10.2. The monoisotopic (exact) mass is 415 g/mol. The lowest BCUT2D eigenvalue weighted by atomic mass is 9.87. The quantitative estimate of drug-likeness (QED) is 0.572.